The molecular formula is C13H16N2O2S. The Morgan fingerprint density at radius 1 is 1.33 bits per heavy atom. The first-order valence-electron chi connectivity index (χ1n) is 5.65. The first kappa shape index (κ1) is 13.0. The van der Waals surface area contributed by atoms with Crippen LogP contribution >= 0.6 is 11.9 Å². The smallest absolute Gasteiger partial charge is 0.280 e. The molecule has 0 aliphatic carbocycles. The van der Waals surface area contributed by atoms with E-state index in [0.29, 0.717) is 5.39 Å². The molecule has 18 heavy (non-hydrogen) atoms. The van der Waals surface area contributed by atoms with Gasteiger partial charge in [-0.25, -0.2) is 0 Å². The van der Waals surface area contributed by atoms with Crippen LogP contribution in [0.5, 0.6) is 5.75 Å². The first-order chi connectivity index (χ1) is 8.40. The molecular weight excluding hydrogens is 248 g/mol. The molecule has 0 aliphatic rings. The zero-order chi connectivity index (χ0) is 13.3. The van der Waals surface area contributed by atoms with Gasteiger partial charge in [0.05, 0.1) is 18.0 Å². The molecule has 5 heteroatoms. The Bertz CT molecular complexity index is 629. The van der Waals surface area contributed by atoms with Gasteiger partial charge in [0, 0.05) is 10.8 Å². The Kier molecular flexibility index (Phi) is 3.34. The van der Waals surface area contributed by atoms with E-state index in [1.807, 2.05) is 10.0 Å². The van der Waals surface area contributed by atoms with Crippen molar-refractivity contribution in [2.75, 3.05) is 7.11 Å². The van der Waals surface area contributed by atoms with Crippen molar-refractivity contribution in [3.63, 3.8) is 0 Å². The van der Waals surface area contributed by atoms with E-state index < -0.39 is 0 Å². The van der Waals surface area contributed by atoms with Crippen LogP contribution < -0.4 is 10.3 Å². The minimum absolute atomic E-state index is 0.0345. The lowest BCUT2D eigenvalue weighted by Gasteiger charge is -2.20. The third kappa shape index (κ3) is 2.67. The average Bonchev–Trinajstić information content (AvgIpc) is 2.31. The highest BCUT2D eigenvalue weighted by atomic mass is 32.2. The van der Waals surface area contributed by atoms with Crippen molar-refractivity contribution >= 4 is 22.9 Å². The summed E-state index contributed by atoms with van der Waals surface area (Å²) in [4.78, 5) is 15.6. The van der Waals surface area contributed by atoms with E-state index in [9.17, 15) is 4.79 Å². The van der Waals surface area contributed by atoms with Gasteiger partial charge in [-0.3, -0.25) is 8.77 Å². The molecule has 0 fully saturated rings. The number of benzene rings is 1. The van der Waals surface area contributed by atoms with Crippen LogP contribution in [0.3, 0.4) is 0 Å². The van der Waals surface area contributed by atoms with Crippen molar-refractivity contribution in [1.82, 2.24) is 8.96 Å². The van der Waals surface area contributed by atoms with Gasteiger partial charge >= 0.3 is 0 Å². The van der Waals surface area contributed by atoms with Crippen LogP contribution in [0, 0.1) is 0 Å². The fourth-order valence-corrected chi connectivity index (χ4v) is 2.54. The monoisotopic (exact) mass is 264 g/mol. The van der Waals surface area contributed by atoms with Gasteiger partial charge in [-0.1, -0.05) is 0 Å². The van der Waals surface area contributed by atoms with E-state index in [1.165, 1.54) is 0 Å². The van der Waals surface area contributed by atoms with Crippen LogP contribution in [0.2, 0.25) is 0 Å². The van der Waals surface area contributed by atoms with E-state index in [-0.39, 0.29) is 10.3 Å². The predicted molar refractivity (Wildman–Crippen MR) is 75.3 cm³/mol. The summed E-state index contributed by atoms with van der Waals surface area (Å²) in [6.45, 7) is 6.34. The van der Waals surface area contributed by atoms with E-state index in [1.54, 1.807) is 37.5 Å². The zero-order valence-corrected chi connectivity index (χ0v) is 11.7. The van der Waals surface area contributed by atoms with E-state index in [0.717, 1.165) is 11.3 Å². The van der Waals surface area contributed by atoms with Crippen LogP contribution in [0.4, 0.5) is 0 Å². The second-order valence-electron chi connectivity index (χ2n) is 4.96. The Balaban J connectivity index is 2.66. The number of fused-ring (bicyclic) bond motifs is 1. The second kappa shape index (κ2) is 4.65. The Morgan fingerprint density at radius 2 is 2.06 bits per heavy atom. The van der Waals surface area contributed by atoms with Crippen molar-refractivity contribution in [3.8, 4) is 5.75 Å². The quantitative estimate of drug-likeness (QED) is 0.836. The molecule has 0 saturated carbocycles. The molecule has 0 spiro atoms. The minimum Gasteiger partial charge on any atom is -0.497 e. The SMILES string of the molecule is COc1ccc2c(=O)ncn(SC(C)(C)C)c2c1. The maximum Gasteiger partial charge on any atom is 0.280 e. The molecule has 0 unspecified atom stereocenters. The van der Waals surface area contributed by atoms with Crippen molar-refractivity contribution in [1.29, 1.82) is 0 Å². The second-order valence-corrected chi connectivity index (χ2v) is 6.76. The lowest BCUT2D eigenvalue weighted by Crippen LogP contribution is -2.15. The first-order valence-corrected chi connectivity index (χ1v) is 6.43. The topological polar surface area (TPSA) is 44.1 Å². The van der Waals surface area contributed by atoms with Crippen LogP contribution in [0.15, 0.2) is 29.3 Å². The molecule has 96 valence electrons. The van der Waals surface area contributed by atoms with Gasteiger partial charge in [0.1, 0.15) is 12.1 Å². The number of rotatable bonds is 2. The fraction of sp³-hybridized carbons (Fsp3) is 0.385. The third-order valence-corrected chi connectivity index (χ3v) is 3.36. The average molecular weight is 264 g/mol. The summed E-state index contributed by atoms with van der Waals surface area (Å²) in [7, 11) is 1.61. The van der Waals surface area contributed by atoms with Gasteiger partial charge in [0.15, 0.2) is 0 Å². The number of hydrogen-bond donors (Lipinski definition) is 0. The number of ether oxygens (including phenoxy) is 1. The van der Waals surface area contributed by atoms with Gasteiger partial charge in [-0.15, -0.1) is 0 Å². The standard InChI is InChI=1S/C13H16N2O2S/c1-13(2,3)18-15-8-14-12(16)10-6-5-9(17-4)7-11(10)15/h5-8H,1-4H3. The summed E-state index contributed by atoms with van der Waals surface area (Å²) in [6.07, 6.45) is 1.57. The molecule has 0 N–H and O–H groups in total. The molecule has 0 bridgehead atoms. The summed E-state index contributed by atoms with van der Waals surface area (Å²) < 4.78 is 7.15. The summed E-state index contributed by atoms with van der Waals surface area (Å²) in [5.74, 6) is 0.733. The highest BCUT2D eigenvalue weighted by Crippen LogP contribution is 2.28. The van der Waals surface area contributed by atoms with Crippen molar-refractivity contribution in [2.24, 2.45) is 0 Å². The molecule has 2 aromatic rings. The summed E-state index contributed by atoms with van der Waals surface area (Å²) in [5, 5.41) is 0.607. The largest absolute Gasteiger partial charge is 0.497 e. The normalized spacial score (nSPS) is 11.8. The van der Waals surface area contributed by atoms with Crippen LogP contribution in [0.1, 0.15) is 20.8 Å². The van der Waals surface area contributed by atoms with E-state index in [4.69, 9.17) is 4.74 Å². The van der Waals surface area contributed by atoms with Crippen LogP contribution in [-0.4, -0.2) is 20.8 Å². The summed E-state index contributed by atoms with van der Waals surface area (Å²) in [5.41, 5.74) is 0.618. The van der Waals surface area contributed by atoms with Gasteiger partial charge in [0.25, 0.3) is 5.56 Å². The number of nitrogens with zero attached hydrogens (tertiary/aromatic N) is 2. The zero-order valence-electron chi connectivity index (χ0n) is 10.9. The molecule has 0 amide bonds. The minimum atomic E-state index is -0.210. The van der Waals surface area contributed by atoms with Gasteiger partial charge in [0.2, 0.25) is 0 Å². The Hall–Kier alpha value is -1.49. The molecule has 1 heterocycles. The fourth-order valence-electron chi connectivity index (χ4n) is 1.61. The lowest BCUT2D eigenvalue weighted by atomic mass is 10.2. The van der Waals surface area contributed by atoms with Crippen LogP contribution in [-0.2, 0) is 0 Å². The van der Waals surface area contributed by atoms with E-state index >= 15 is 0 Å². The van der Waals surface area contributed by atoms with Crippen molar-refractivity contribution in [3.05, 3.63) is 34.9 Å². The molecule has 4 nitrogen and oxygen atoms in total. The van der Waals surface area contributed by atoms with Crippen molar-refractivity contribution in [2.45, 2.75) is 25.5 Å². The number of aromatic nitrogens is 2. The molecule has 0 radical (unpaired) electrons. The molecule has 0 atom stereocenters. The predicted octanol–water partition coefficient (Wildman–Crippen LogP) is 2.70. The maximum absolute atomic E-state index is 11.7. The van der Waals surface area contributed by atoms with Gasteiger partial charge < -0.3 is 4.74 Å². The maximum atomic E-state index is 11.7. The van der Waals surface area contributed by atoms with Gasteiger partial charge in [-0.2, -0.15) is 4.98 Å². The number of hydrogen-bond acceptors (Lipinski definition) is 4. The molecule has 1 aromatic heterocycles. The number of methoxy groups -OCH3 is 1. The summed E-state index contributed by atoms with van der Waals surface area (Å²) >= 11 is 1.62. The summed E-state index contributed by atoms with van der Waals surface area (Å²) in [6, 6.07) is 5.39. The van der Waals surface area contributed by atoms with E-state index in [2.05, 4.69) is 25.8 Å². The van der Waals surface area contributed by atoms with Gasteiger partial charge in [-0.05, 0) is 44.9 Å². The Morgan fingerprint density at radius 3 is 2.67 bits per heavy atom. The van der Waals surface area contributed by atoms with Crippen molar-refractivity contribution < 1.29 is 4.74 Å². The molecule has 0 saturated heterocycles. The van der Waals surface area contributed by atoms with Crippen LogP contribution in [0.25, 0.3) is 10.9 Å². The lowest BCUT2D eigenvalue weighted by molar-refractivity contribution is 0.415. The molecule has 0 aliphatic heterocycles. The third-order valence-electron chi connectivity index (χ3n) is 2.32. The Labute approximate surface area is 110 Å². The molecule has 1 aromatic carbocycles. The highest BCUT2D eigenvalue weighted by Gasteiger charge is 2.14. The molecule has 2 rings (SSSR count). The highest BCUT2D eigenvalue weighted by molar-refractivity contribution is 7.99.